The van der Waals surface area contributed by atoms with Crippen LogP contribution in [-0.2, 0) is 4.79 Å². The molecule has 0 heterocycles. The van der Waals surface area contributed by atoms with E-state index < -0.39 is 5.97 Å². The van der Waals surface area contributed by atoms with Gasteiger partial charge in [-0.25, -0.2) is 4.79 Å². The summed E-state index contributed by atoms with van der Waals surface area (Å²) in [5.74, 6) is 0.601. The molecule has 0 aliphatic rings. The lowest BCUT2D eigenvalue weighted by Gasteiger charge is -2.11. The van der Waals surface area contributed by atoms with Crippen LogP contribution in [0, 0.1) is 6.92 Å². The molecule has 3 aromatic carbocycles. The summed E-state index contributed by atoms with van der Waals surface area (Å²) in [6.07, 6.45) is 0. The third kappa shape index (κ3) is 3.71. The summed E-state index contributed by atoms with van der Waals surface area (Å²) in [5.41, 5.74) is 0.863. The molecule has 0 radical (unpaired) electrons. The molecule has 0 aliphatic carbocycles. The van der Waals surface area contributed by atoms with E-state index in [-0.39, 0.29) is 6.61 Å². The molecule has 0 amide bonds. The average Bonchev–Trinajstić information content (AvgIpc) is 2.57. The van der Waals surface area contributed by atoms with Gasteiger partial charge < -0.3 is 9.47 Å². The second kappa shape index (κ2) is 7.24. The Hall–Kier alpha value is -2.04. The minimum absolute atomic E-state index is 0.179. The topological polar surface area (TPSA) is 35.5 Å². The number of hydrogen-bond acceptors (Lipinski definition) is 3. The molecule has 0 saturated heterocycles. The van der Waals surface area contributed by atoms with Crippen LogP contribution >= 0.6 is 27.5 Å². The molecule has 122 valence electrons. The molecule has 0 aliphatic heterocycles. The number of esters is 1. The van der Waals surface area contributed by atoms with Crippen molar-refractivity contribution in [2.75, 3.05) is 6.61 Å². The smallest absolute Gasteiger partial charge is 0.349 e. The Balaban J connectivity index is 1.70. The summed E-state index contributed by atoms with van der Waals surface area (Å²) in [5, 5.41) is 2.68. The number of carbonyl (C=O) groups excluding carboxylic acids is 1. The van der Waals surface area contributed by atoms with Gasteiger partial charge in [-0.1, -0.05) is 41.9 Å². The quantitative estimate of drug-likeness (QED) is 0.422. The van der Waals surface area contributed by atoms with Crippen LogP contribution in [0.25, 0.3) is 10.8 Å². The van der Waals surface area contributed by atoms with Crippen LogP contribution < -0.4 is 9.47 Å². The molecule has 0 fully saturated rings. The van der Waals surface area contributed by atoms with Gasteiger partial charge in [0.2, 0.25) is 0 Å². The molecule has 5 heteroatoms. The summed E-state index contributed by atoms with van der Waals surface area (Å²) in [4.78, 5) is 12.1. The number of aryl methyl sites for hydroxylation is 1. The first-order chi connectivity index (χ1) is 11.5. The highest BCUT2D eigenvalue weighted by atomic mass is 79.9. The van der Waals surface area contributed by atoms with E-state index in [0.29, 0.717) is 16.5 Å². The average molecular weight is 406 g/mol. The third-order valence-corrected chi connectivity index (χ3v) is 4.59. The highest BCUT2D eigenvalue weighted by molar-refractivity contribution is 9.10. The molecular weight excluding hydrogens is 392 g/mol. The van der Waals surface area contributed by atoms with Gasteiger partial charge in [0.1, 0.15) is 11.5 Å². The lowest BCUT2D eigenvalue weighted by Crippen LogP contribution is -2.18. The van der Waals surface area contributed by atoms with Crippen molar-refractivity contribution in [1.29, 1.82) is 0 Å². The Kier molecular flexibility index (Phi) is 5.07. The van der Waals surface area contributed by atoms with Gasteiger partial charge in [-0.15, -0.1) is 0 Å². The lowest BCUT2D eigenvalue weighted by atomic mass is 10.1. The summed E-state index contributed by atoms with van der Waals surface area (Å²) < 4.78 is 11.7. The number of halogens is 2. The van der Waals surface area contributed by atoms with Crippen LogP contribution in [0.15, 0.2) is 59.1 Å². The maximum atomic E-state index is 12.1. The first kappa shape index (κ1) is 16.8. The van der Waals surface area contributed by atoms with E-state index in [9.17, 15) is 4.79 Å². The molecule has 0 spiro atoms. The predicted octanol–water partition coefficient (Wildman–Crippen LogP) is 5.55. The Morgan fingerprint density at radius 3 is 2.62 bits per heavy atom. The van der Waals surface area contributed by atoms with E-state index in [1.165, 1.54) is 0 Å². The maximum Gasteiger partial charge on any atom is 0.349 e. The fraction of sp³-hybridized carbons (Fsp3) is 0.105. The second-order valence-corrected chi connectivity index (χ2v) is 6.50. The Labute approximate surface area is 153 Å². The van der Waals surface area contributed by atoms with Crippen LogP contribution in [0.3, 0.4) is 0 Å². The normalized spacial score (nSPS) is 10.6. The Bertz CT molecular complexity index is 908. The largest absolute Gasteiger partial charge is 0.482 e. The van der Waals surface area contributed by atoms with Crippen LogP contribution in [0.1, 0.15) is 5.56 Å². The van der Waals surface area contributed by atoms with E-state index in [2.05, 4.69) is 15.9 Å². The van der Waals surface area contributed by atoms with Crippen LogP contribution in [0.4, 0.5) is 0 Å². The van der Waals surface area contributed by atoms with Crippen molar-refractivity contribution >= 4 is 44.3 Å². The van der Waals surface area contributed by atoms with Crippen molar-refractivity contribution in [2.45, 2.75) is 6.92 Å². The molecule has 3 aromatic rings. The van der Waals surface area contributed by atoms with Crippen LogP contribution in [0.2, 0.25) is 5.02 Å². The number of ether oxygens (including phenoxy) is 2. The molecule has 0 unspecified atom stereocenters. The van der Waals surface area contributed by atoms with Crippen molar-refractivity contribution in [3.63, 3.8) is 0 Å². The number of carbonyl (C=O) groups is 1. The monoisotopic (exact) mass is 404 g/mol. The standard InChI is InChI=1S/C19H14BrClO3/c1-12-10-14(21)7-9-16(12)23-11-18(22)24-17-8-6-13-4-2-3-5-15(13)19(17)20/h2-10H,11H2,1H3. The van der Waals surface area contributed by atoms with Gasteiger partial charge in [-0.2, -0.15) is 0 Å². The molecule has 0 bridgehead atoms. The molecule has 24 heavy (non-hydrogen) atoms. The van der Waals surface area contributed by atoms with E-state index in [4.69, 9.17) is 21.1 Å². The van der Waals surface area contributed by atoms with Crippen LogP contribution in [-0.4, -0.2) is 12.6 Å². The van der Waals surface area contributed by atoms with Crippen molar-refractivity contribution in [3.8, 4) is 11.5 Å². The van der Waals surface area contributed by atoms with Gasteiger partial charge >= 0.3 is 5.97 Å². The third-order valence-electron chi connectivity index (χ3n) is 3.53. The molecule has 0 atom stereocenters. The maximum absolute atomic E-state index is 12.1. The van der Waals surface area contributed by atoms with Crippen LogP contribution in [0.5, 0.6) is 11.5 Å². The molecule has 0 aromatic heterocycles. The minimum atomic E-state index is -0.472. The zero-order valence-electron chi connectivity index (χ0n) is 12.9. The number of rotatable bonds is 4. The first-order valence-electron chi connectivity index (χ1n) is 7.31. The fourth-order valence-corrected chi connectivity index (χ4v) is 3.16. The SMILES string of the molecule is Cc1cc(Cl)ccc1OCC(=O)Oc1ccc2ccccc2c1Br. The summed E-state index contributed by atoms with van der Waals surface area (Å²) >= 11 is 9.39. The highest BCUT2D eigenvalue weighted by Crippen LogP contribution is 2.33. The molecule has 0 saturated carbocycles. The van der Waals surface area contributed by atoms with Crippen molar-refractivity contribution in [2.24, 2.45) is 0 Å². The summed E-state index contributed by atoms with van der Waals surface area (Å²) in [6.45, 7) is 1.69. The highest BCUT2D eigenvalue weighted by Gasteiger charge is 2.12. The predicted molar refractivity (Wildman–Crippen MR) is 99.0 cm³/mol. The number of benzene rings is 3. The summed E-state index contributed by atoms with van der Waals surface area (Å²) in [6, 6.07) is 16.8. The lowest BCUT2D eigenvalue weighted by molar-refractivity contribution is -0.136. The summed E-state index contributed by atoms with van der Waals surface area (Å²) in [7, 11) is 0. The van der Waals surface area contributed by atoms with Crippen molar-refractivity contribution in [3.05, 3.63) is 69.7 Å². The molecular formula is C19H14BrClO3. The Morgan fingerprint density at radius 2 is 1.83 bits per heavy atom. The van der Waals surface area contributed by atoms with Crippen molar-refractivity contribution < 1.29 is 14.3 Å². The number of hydrogen-bond donors (Lipinski definition) is 0. The fourth-order valence-electron chi connectivity index (χ4n) is 2.36. The molecule has 0 N–H and O–H groups in total. The zero-order chi connectivity index (χ0) is 17.1. The van der Waals surface area contributed by atoms with E-state index in [1.807, 2.05) is 37.3 Å². The minimum Gasteiger partial charge on any atom is -0.482 e. The van der Waals surface area contributed by atoms with Gasteiger partial charge in [0.25, 0.3) is 0 Å². The van der Waals surface area contributed by atoms with Gasteiger partial charge in [0.15, 0.2) is 6.61 Å². The van der Waals surface area contributed by atoms with E-state index in [1.54, 1.807) is 24.3 Å². The molecule has 3 rings (SSSR count). The first-order valence-corrected chi connectivity index (χ1v) is 8.48. The van der Waals surface area contributed by atoms with Gasteiger partial charge in [-0.3, -0.25) is 0 Å². The van der Waals surface area contributed by atoms with Gasteiger partial charge in [0, 0.05) is 5.02 Å². The van der Waals surface area contributed by atoms with Gasteiger partial charge in [0.05, 0.1) is 4.47 Å². The van der Waals surface area contributed by atoms with Crippen molar-refractivity contribution in [1.82, 2.24) is 0 Å². The second-order valence-electron chi connectivity index (χ2n) is 5.27. The molecule has 3 nitrogen and oxygen atoms in total. The van der Waals surface area contributed by atoms with E-state index in [0.717, 1.165) is 20.8 Å². The van der Waals surface area contributed by atoms with E-state index >= 15 is 0 Å². The zero-order valence-corrected chi connectivity index (χ0v) is 15.2. The Morgan fingerprint density at radius 1 is 1.08 bits per heavy atom. The van der Waals surface area contributed by atoms with Gasteiger partial charge in [-0.05, 0) is 63.5 Å². The number of fused-ring (bicyclic) bond motifs is 1.